The Kier molecular flexibility index (Phi) is 3.53. The van der Waals surface area contributed by atoms with Crippen LogP contribution in [0, 0.1) is 20.2 Å². The first-order valence-electron chi connectivity index (χ1n) is 6.77. The Hall–Kier alpha value is -3.62. The van der Waals surface area contributed by atoms with Crippen molar-refractivity contribution >= 4 is 23.2 Å². The Labute approximate surface area is 134 Å². The van der Waals surface area contributed by atoms with Gasteiger partial charge in [0, 0.05) is 18.2 Å². The van der Waals surface area contributed by atoms with Crippen molar-refractivity contribution in [3.05, 3.63) is 79.4 Å². The van der Waals surface area contributed by atoms with E-state index in [1.54, 1.807) is 0 Å². The predicted octanol–water partition coefficient (Wildman–Crippen LogP) is 2.30. The van der Waals surface area contributed by atoms with Gasteiger partial charge in [-0.1, -0.05) is 18.2 Å². The lowest BCUT2D eigenvalue weighted by atomic mass is 10.1. The third-order valence-corrected chi connectivity index (χ3v) is 3.66. The Morgan fingerprint density at radius 2 is 1.54 bits per heavy atom. The number of hydrogen-bond donors (Lipinski definition) is 0. The average Bonchev–Trinajstić information content (AvgIpc) is 2.80. The van der Waals surface area contributed by atoms with Crippen LogP contribution >= 0.6 is 0 Å². The van der Waals surface area contributed by atoms with Crippen molar-refractivity contribution < 1.29 is 19.4 Å². The quantitative estimate of drug-likeness (QED) is 0.482. The minimum Gasteiger partial charge on any atom is -0.270 e. The molecule has 1 heterocycles. The van der Waals surface area contributed by atoms with E-state index in [2.05, 4.69) is 0 Å². The van der Waals surface area contributed by atoms with Crippen molar-refractivity contribution in [3.63, 3.8) is 0 Å². The third kappa shape index (κ3) is 2.37. The maximum Gasteiger partial charge on any atom is 0.282 e. The van der Waals surface area contributed by atoms with Crippen LogP contribution in [-0.4, -0.2) is 26.6 Å². The molecule has 0 bridgehead atoms. The van der Waals surface area contributed by atoms with Gasteiger partial charge in [0.15, 0.2) is 0 Å². The van der Waals surface area contributed by atoms with Crippen LogP contribution in [0.1, 0.15) is 26.3 Å². The topological polar surface area (TPSA) is 124 Å². The number of fused-ring (bicyclic) bond motifs is 1. The van der Waals surface area contributed by atoms with Gasteiger partial charge in [0.05, 0.1) is 22.0 Å². The number of nitro groups is 2. The summed E-state index contributed by atoms with van der Waals surface area (Å²) in [5, 5.41) is 21.7. The summed E-state index contributed by atoms with van der Waals surface area (Å²) in [6, 6.07) is 9.24. The summed E-state index contributed by atoms with van der Waals surface area (Å²) in [5.74, 6) is -1.38. The molecule has 0 radical (unpaired) electrons. The molecule has 0 saturated carbocycles. The molecular weight excluding hydrogens is 318 g/mol. The fourth-order valence-corrected chi connectivity index (χ4v) is 2.52. The number of nitro benzene ring substituents is 2. The number of nitrogens with zero attached hydrogens (tertiary/aromatic N) is 3. The molecule has 9 heteroatoms. The van der Waals surface area contributed by atoms with Gasteiger partial charge in [-0.15, -0.1) is 0 Å². The van der Waals surface area contributed by atoms with E-state index in [1.165, 1.54) is 42.5 Å². The molecule has 0 N–H and O–H groups in total. The van der Waals surface area contributed by atoms with Gasteiger partial charge in [-0.25, -0.2) is 0 Å². The molecule has 0 aromatic heterocycles. The van der Waals surface area contributed by atoms with Gasteiger partial charge in [-0.05, 0) is 11.6 Å². The fourth-order valence-electron chi connectivity index (χ4n) is 2.52. The second-order valence-corrected chi connectivity index (χ2v) is 5.08. The molecule has 0 atom stereocenters. The van der Waals surface area contributed by atoms with Crippen molar-refractivity contribution in [3.8, 4) is 0 Å². The number of non-ortho nitro benzene ring substituents is 1. The third-order valence-electron chi connectivity index (χ3n) is 3.66. The zero-order valence-corrected chi connectivity index (χ0v) is 12.0. The zero-order chi connectivity index (χ0) is 17.4. The van der Waals surface area contributed by atoms with Crippen LogP contribution in [0.2, 0.25) is 0 Å². The van der Waals surface area contributed by atoms with Gasteiger partial charge < -0.3 is 0 Å². The largest absolute Gasteiger partial charge is 0.282 e. The Morgan fingerprint density at radius 3 is 2.12 bits per heavy atom. The van der Waals surface area contributed by atoms with E-state index < -0.39 is 27.3 Å². The Balaban J connectivity index is 1.92. The average molecular weight is 327 g/mol. The van der Waals surface area contributed by atoms with Gasteiger partial charge >= 0.3 is 0 Å². The molecule has 2 aromatic carbocycles. The van der Waals surface area contributed by atoms with E-state index >= 15 is 0 Å². The number of carbonyl (C=O) groups excluding carboxylic acids is 2. The highest BCUT2D eigenvalue weighted by Crippen LogP contribution is 2.31. The molecule has 0 saturated heterocycles. The molecular formula is C15H9N3O6. The minimum atomic E-state index is -0.749. The summed E-state index contributed by atoms with van der Waals surface area (Å²) in [7, 11) is 0. The summed E-state index contributed by atoms with van der Waals surface area (Å²) >= 11 is 0. The first kappa shape index (κ1) is 15.3. The fraction of sp³-hybridized carbons (Fsp3) is 0.0667. The van der Waals surface area contributed by atoms with E-state index in [9.17, 15) is 29.8 Å². The normalized spacial score (nSPS) is 13.1. The second-order valence-electron chi connectivity index (χ2n) is 5.08. The van der Waals surface area contributed by atoms with Gasteiger partial charge in [-0.2, -0.15) is 0 Å². The molecule has 24 heavy (non-hydrogen) atoms. The van der Waals surface area contributed by atoms with E-state index in [0.717, 1.165) is 4.90 Å². The highest BCUT2D eigenvalue weighted by atomic mass is 16.6. The van der Waals surface area contributed by atoms with Gasteiger partial charge in [0.1, 0.15) is 5.56 Å². The molecule has 0 fully saturated rings. The number of imide groups is 1. The van der Waals surface area contributed by atoms with Crippen LogP contribution < -0.4 is 0 Å². The second kappa shape index (κ2) is 5.54. The highest BCUT2D eigenvalue weighted by molar-refractivity contribution is 6.23. The van der Waals surface area contributed by atoms with Gasteiger partial charge in [0.2, 0.25) is 0 Å². The molecule has 0 unspecified atom stereocenters. The number of amides is 2. The van der Waals surface area contributed by atoms with Crippen LogP contribution in [0.5, 0.6) is 0 Å². The lowest BCUT2D eigenvalue weighted by molar-refractivity contribution is -0.385. The number of carbonyl (C=O) groups is 2. The number of rotatable bonds is 4. The SMILES string of the molecule is O=C1c2cccc([N+](=O)[O-])c2C(=O)N1Cc1ccc([N+](=O)[O-])cc1. The molecule has 2 amide bonds. The van der Waals surface area contributed by atoms with E-state index in [0.29, 0.717) is 5.56 Å². The molecule has 9 nitrogen and oxygen atoms in total. The van der Waals surface area contributed by atoms with Gasteiger partial charge in [0.25, 0.3) is 23.2 Å². The molecule has 120 valence electrons. The minimum absolute atomic E-state index is 0.0175. The molecule has 1 aliphatic heterocycles. The van der Waals surface area contributed by atoms with Crippen molar-refractivity contribution in [2.24, 2.45) is 0 Å². The number of benzene rings is 2. The van der Waals surface area contributed by atoms with E-state index in [1.807, 2.05) is 0 Å². The molecule has 3 rings (SSSR count). The summed E-state index contributed by atoms with van der Waals surface area (Å²) in [6.07, 6.45) is 0. The van der Waals surface area contributed by atoms with Crippen molar-refractivity contribution in [1.82, 2.24) is 4.90 Å². The standard InChI is InChI=1S/C15H9N3O6/c19-14-11-2-1-3-12(18(23)24)13(11)15(20)16(14)8-9-4-6-10(7-5-9)17(21)22/h1-7H,8H2. The number of hydrogen-bond acceptors (Lipinski definition) is 6. The van der Waals surface area contributed by atoms with Gasteiger partial charge in [-0.3, -0.25) is 34.7 Å². The molecule has 2 aromatic rings. The van der Waals surface area contributed by atoms with E-state index in [-0.39, 0.29) is 23.4 Å². The van der Waals surface area contributed by atoms with Crippen LogP contribution in [0.25, 0.3) is 0 Å². The maximum atomic E-state index is 12.4. The van der Waals surface area contributed by atoms with Crippen molar-refractivity contribution in [1.29, 1.82) is 0 Å². The first-order valence-corrected chi connectivity index (χ1v) is 6.77. The van der Waals surface area contributed by atoms with Crippen molar-refractivity contribution in [2.75, 3.05) is 0 Å². The van der Waals surface area contributed by atoms with Crippen LogP contribution in [0.4, 0.5) is 11.4 Å². The monoisotopic (exact) mass is 327 g/mol. The Morgan fingerprint density at radius 1 is 0.875 bits per heavy atom. The summed E-state index contributed by atoms with van der Waals surface area (Å²) in [6.45, 7) is -0.124. The van der Waals surface area contributed by atoms with E-state index in [4.69, 9.17) is 0 Å². The van der Waals surface area contributed by atoms with Crippen LogP contribution in [0.15, 0.2) is 42.5 Å². The van der Waals surface area contributed by atoms with Crippen LogP contribution in [-0.2, 0) is 6.54 Å². The zero-order valence-electron chi connectivity index (χ0n) is 12.0. The molecule has 1 aliphatic rings. The van der Waals surface area contributed by atoms with Crippen molar-refractivity contribution in [2.45, 2.75) is 6.54 Å². The highest BCUT2D eigenvalue weighted by Gasteiger charge is 2.40. The summed E-state index contributed by atoms with van der Waals surface area (Å²) in [5.41, 5.74) is -0.280. The lowest BCUT2D eigenvalue weighted by Crippen LogP contribution is -2.29. The van der Waals surface area contributed by atoms with Crippen LogP contribution in [0.3, 0.4) is 0 Å². The summed E-state index contributed by atoms with van der Waals surface area (Å²) in [4.78, 5) is 46.0. The Bertz CT molecular complexity index is 891. The first-order chi connectivity index (χ1) is 11.4. The lowest BCUT2D eigenvalue weighted by Gasteiger charge is -2.13. The molecule has 0 spiro atoms. The summed E-state index contributed by atoms with van der Waals surface area (Å²) < 4.78 is 0. The predicted molar refractivity (Wildman–Crippen MR) is 80.4 cm³/mol. The maximum absolute atomic E-state index is 12.4. The smallest absolute Gasteiger partial charge is 0.270 e. The molecule has 0 aliphatic carbocycles.